The Labute approximate surface area is 156 Å². The third kappa shape index (κ3) is 3.84. The molecule has 1 aliphatic rings. The van der Waals surface area contributed by atoms with E-state index in [1.165, 1.54) is 6.26 Å². The van der Waals surface area contributed by atoms with Crippen LogP contribution in [0.25, 0.3) is 11.4 Å². The average Bonchev–Trinajstić information content (AvgIpc) is 3.15. The number of H-pyrrole nitrogens is 1. The van der Waals surface area contributed by atoms with Crippen molar-refractivity contribution in [1.29, 1.82) is 0 Å². The lowest BCUT2D eigenvalue weighted by Crippen LogP contribution is -2.29. The van der Waals surface area contributed by atoms with E-state index >= 15 is 0 Å². The Morgan fingerprint density at radius 3 is 2.74 bits per heavy atom. The number of hydrogen-bond acceptors (Lipinski definition) is 4. The summed E-state index contributed by atoms with van der Waals surface area (Å²) in [6, 6.07) is 13.0. The minimum absolute atomic E-state index is 0.0564. The highest BCUT2D eigenvalue weighted by Crippen LogP contribution is 2.23. The maximum Gasteiger partial charge on any atom is 0.286 e. The molecule has 1 unspecified atom stereocenters. The molecule has 138 valence electrons. The van der Waals surface area contributed by atoms with Crippen molar-refractivity contribution in [2.75, 3.05) is 6.54 Å². The van der Waals surface area contributed by atoms with Crippen molar-refractivity contribution in [3.05, 3.63) is 76.1 Å². The predicted octanol–water partition coefficient (Wildman–Crippen LogP) is 2.95. The monoisotopic (exact) mass is 363 g/mol. The maximum atomic E-state index is 12.6. The lowest BCUT2D eigenvalue weighted by molar-refractivity contribution is 0.0918. The summed E-state index contributed by atoms with van der Waals surface area (Å²) < 4.78 is 5.11. The van der Waals surface area contributed by atoms with E-state index in [1.54, 1.807) is 12.1 Å². The number of amides is 1. The fourth-order valence-electron chi connectivity index (χ4n) is 3.51. The number of benzene rings is 1. The molecule has 1 aromatic carbocycles. The van der Waals surface area contributed by atoms with Gasteiger partial charge in [-0.05, 0) is 43.7 Å². The number of carbonyl (C=O) groups is 1. The molecule has 3 aromatic rings. The number of aromatic amines is 1. The molecule has 6 nitrogen and oxygen atoms in total. The third-order valence-corrected chi connectivity index (χ3v) is 5.04. The van der Waals surface area contributed by atoms with Gasteiger partial charge in [-0.25, -0.2) is 4.98 Å². The van der Waals surface area contributed by atoms with Crippen molar-refractivity contribution >= 4 is 5.91 Å². The van der Waals surface area contributed by atoms with E-state index < -0.39 is 0 Å². The second-order valence-electron chi connectivity index (χ2n) is 6.84. The first-order valence-corrected chi connectivity index (χ1v) is 9.20. The second kappa shape index (κ2) is 7.61. The van der Waals surface area contributed by atoms with Gasteiger partial charge in [0.25, 0.3) is 11.5 Å². The molecule has 0 spiro atoms. The van der Waals surface area contributed by atoms with Crippen LogP contribution in [-0.4, -0.2) is 22.4 Å². The SMILES string of the molecule is O=C(NCC1CCc2nc(-c3ccccc3)[nH]c(=O)c2CC1)c1ccco1. The summed E-state index contributed by atoms with van der Waals surface area (Å²) in [6.07, 6.45) is 4.63. The molecular weight excluding hydrogens is 342 g/mol. The summed E-state index contributed by atoms with van der Waals surface area (Å²) in [5.74, 6) is 1.03. The first-order valence-electron chi connectivity index (χ1n) is 9.20. The first-order chi connectivity index (χ1) is 13.2. The molecule has 2 aromatic heterocycles. The van der Waals surface area contributed by atoms with Crippen LogP contribution in [0.15, 0.2) is 57.9 Å². The highest BCUT2D eigenvalue weighted by atomic mass is 16.3. The first kappa shape index (κ1) is 17.3. The van der Waals surface area contributed by atoms with Gasteiger partial charge in [0.05, 0.1) is 12.0 Å². The Morgan fingerprint density at radius 1 is 1.15 bits per heavy atom. The third-order valence-electron chi connectivity index (χ3n) is 5.04. The Morgan fingerprint density at radius 2 is 1.96 bits per heavy atom. The van der Waals surface area contributed by atoms with E-state index in [9.17, 15) is 9.59 Å². The van der Waals surface area contributed by atoms with Gasteiger partial charge in [0.15, 0.2) is 5.76 Å². The van der Waals surface area contributed by atoms with Gasteiger partial charge in [0, 0.05) is 17.7 Å². The van der Waals surface area contributed by atoms with Gasteiger partial charge in [0.1, 0.15) is 5.82 Å². The van der Waals surface area contributed by atoms with Gasteiger partial charge in [0.2, 0.25) is 0 Å². The van der Waals surface area contributed by atoms with Gasteiger partial charge in [-0.15, -0.1) is 0 Å². The number of carbonyl (C=O) groups excluding carboxylic acids is 1. The molecule has 0 aliphatic heterocycles. The summed E-state index contributed by atoms with van der Waals surface area (Å²) >= 11 is 0. The number of aryl methyl sites for hydroxylation is 1. The van der Waals surface area contributed by atoms with Crippen LogP contribution in [0.3, 0.4) is 0 Å². The quantitative estimate of drug-likeness (QED) is 0.698. The fourth-order valence-corrected chi connectivity index (χ4v) is 3.51. The van der Waals surface area contributed by atoms with E-state index in [-0.39, 0.29) is 11.5 Å². The Balaban J connectivity index is 1.46. The zero-order chi connectivity index (χ0) is 18.6. The van der Waals surface area contributed by atoms with E-state index in [0.717, 1.165) is 36.1 Å². The zero-order valence-electron chi connectivity index (χ0n) is 14.9. The molecule has 2 heterocycles. The molecule has 27 heavy (non-hydrogen) atoms. The minimum Gasteiger partial charge on any atom is -0.459 e. The molecule has 0 saturated heterocycles. The summed E-state index contributed by atoms with van der Waals surface area (Å²) in [7, 11) is 0. The summed E-state index contributed by atoms with van der Waals surface area (Å²) in [4.78, 5) is 32.2. The smallest absolute Gasteiger partial charge is 0.286 e. The molecule has 0 saturated carbocycles. The molecular formula is C21H21N3O3. The topological polar surface area (TPSA) is 88.0 Å². The van der Waals surface area contributed by atoms with E-state index in [4.69, 9.17) is 9.40 Å². The zero-order valence-corrected chi connectivity index (χ0v) is 14.9. The highest BCUT2D eigenvalue weighted by molar-refractivity contribution is 5.91. The summed E-state index contributed by atoms with van der Waals surface area (Å²) in [6.45, 7) is 0.566. The van der Waals surface area contributed by atoms with E-state index in [1.807, 2.05) is 30.3 Å². The van der Waals surface area contributed by atoms with Crippen LogP contribution in [0.1, 0.15) is 34.7 Å². The van der Waals surface area contributed by atoms with Crippen LogP contribution in [-0.2, 0) is 12.8 Å². The van der Waals surface area contributed by atoms with Crippen molar-refractivity contribution in [3.8, 4) is 11.4 Å². The standard InChI is InChI=1S/C21H21N3O3/c25-20-16-10-8-14(13-22-21(26)18-7-4-12-27-18)9-11-17(16)23-19(24-20)15-5-2-1-3-6-15/h1-7,12,14H,8-11,13H2,(H,22,26)(H,23,24,25). The molecule has 4 rings (SSSR count). The lowest BCUT2D eigenvalue weighted by Gasteiger charge is -2.13. The summed E-state index contributed by atoms with van der Waals surface area (Å²) in [5.41, 5.74) is 2.50. The van der Waals surface area contributed by atoms with Crippen LogP contribution >= 0.6 is 0 Å². The van der Waals surface area contributed by atoms with Gasteiger partial charge in [-0.1, -0.05) is 30.3 Å². The van der Waals surface area contributed by atoms with Crippen molar-refractivity contribution in [2.45, 2.75) is 25.7 Å². The van der Waals surface area contributed by atoms with Crippen molar-refractivity contribution in [3.63, 3.8) is 0 Å². The van der Waals surface area contributed by atoms with Crippen molar-refractivity contribution in [2.24, 2.45) is 5.92 Å². The number of rotatable bonds is 4. The van der Waals surface area contributed by atoms with Gasteiger partial charge in [-0.2, -0.15) is 0 Å². The van der Waals surface area contributed by atoms with Crippen LogP contribution in [0.2, 0.25) is 0 Å². The number of furan rings is 1. The minimum atomic E-state index is -0.205. The molecule has 0 bridgehead atoms. The van der Waals surface area contributed by atoms with Crippen LogP contribution in [0.4, 0.5) is 0 Å². The largest absolute Gasteiger partial charge is 0.459 e. The van der Waals surface area contributed by atoms with Gasteiger partial charge >= 0.3 is 0 Å². The molecule has 1 atom stereocenters. The molecule has 0 fully saturated rings. The van der Waals surface area contributed by atoms with Crippen LogP contribution in [0, 0.1) is 5.92 Å². The number of fused-ring (bicyclic) bond motifs is 1. The lowest BCUT2D eigenvalue weighted by atomic mass is 10.00. The molecule has 2 N–H and O–H groups in total. The Kier molecular flexibility index (Phi) is 4.87. The molecule has 1 amide bonds. The van der Waals surface area contributed by atoms with Crippen LogP contribution < -0.4 is 10.9 Å². The van der Waals surface area contributed by atoms with Crippen molar-refractivity contribution < 1.29 is 9.21 Å². The van der Waals surface area contributed by atoms with E-state index in [0.29, 0.717) is 30.5 Å². The number of nitrogens with one attached hydrogen (secondary N) is 2. The second-order valence-corrected chi connectivity index (χ2v) is 6.84. The Hall–Kier alpha value is -3.15. The highest BCUT2D eigenvalue weighted by Gasteiger charge is 2.21. The fraction of sp³-hybridized carbons (Fsp3) is 0.286. The number of aromatic nitrogens is 2. The maximum absolute atomic E-state index is 12.6. The molecule has 6 heteroatoms. The van der Waals surface area contributed by atoms with E-state index in [2.05, 4.69) is 10.3 Å². The Bertz CT molecular complexity index is 978. The normalized spacial score (nSPS) is 16.4. The molecule has 0 radical (unpaired) electrons. The summed E-state index contributed by atoms with van der Waals surface area (Å²) in [5, 5.41) is 2.92. The predicted molar refractivity (Wildman–Crippen MR) is 101 cm³/mol. The average molecular weight is 363 g/mol. The van der Waals surface area contributed by atoms with Crippen LogP contribution in [0.5, 0.6) is 0 Å². The number of nitrogens with zero attached hydrogens (tertiary/aromatic N) is 1. The number of hydrogen-bond donors (Lipinski definition) is 2. The van der Waals surface area contributed by atoms with Gasteiger partial charge in [-0.3, -0.25) is 9.59 Å². The van der Waals surface area contributed by atoms with Gasteiger partial charge < -0.3 is 14.7 Å². The van der Waals surface area contributed by atoms with Crippen molar-refractivity contribution in [1.82, 2.24) is 15.3 Å². The molecule has 1 aliphatic carbocycles.